The van der Waals surface area contributed by atoms with E-state index in [9.17, 15) is 0 Å². The smallest absolute Gasteiger partial charge is 0.205 e. The highest BCUT2D eigenvalue weighted by atomic mass is 32.1. The Kier molecular flexibility index (Phi) is 3.57. The number of aromatic nitrogens is 5. The minimum Gasteiger partial charge on any atom is -0.346 e. The third kappa shape index (κ3) is 2.72. The average molecular weight is 326 g/mol. The topological polar surface area (TPSA) is 59.7 Å². The number of anilines is 1. The molecule has 1 aliphatic rings. The minimum atomic E-state index is 0.411. The molecule has 0 aliphatic carbocycles. The molecule has 0 amide bonds. The normalized spacial score (nSPS) is 17.8. The molecule has 4 rings (SSSR count). The van der Waals surface area contributed by atoms with E-state index < -0.39 is 0 Å². The van der Waals surface area contributed by atoms with Gasteiger partial charge in [-0.3, -0.25) is 0 Å². The molecule has 1 aromatic carbocycles. The van der Waals surface area contributed by atoms with Crippen LogP contribution in [-0.4, -0.2) is 37.2 Å². The van der Waals surface area contributed by atoms with Gasteiger partial charge in [-0.05, 0) is 19.4 Å². The zero-order valence-electron chi connectivity index (χ0n) is 13.2. The Labute approximate surface area is 139 Å². The summed E-state index contributed by atoms with van der Waals surface area (Å²) in [6, 6.07) is 8.32. The minimum absolute atomic E-state index is 0.411. The van der Waals surface area contributed by atoms with Crippen LogP contribution < -0.4 is 4.90 Å². The molecule has 0 bridgehead atoms. The molecule has 7 heteroatoms. The van der Waals surface area contributed by atoms with Crippen molar-refractivity contribution < 1.29 is 0 Å². The lowest BCUT2D eigenvalue weighted by molar-refractivity contribution is 0.663. The van der Waals surface area contributed by atoms with Gasteiger partial charge in [0.25, 0.3) is 0 Å². The van der Waals surface area contributed by atoms with Gasteiger partial charge >= 0.3 is 0 Å². The van der Waals surface area contributed by atoms with Gasteiger partial charge < -0.3 is 9.47 Å². The van der Waals surface area contributed by atoms with E-state index in [4.69, 9.17) is 4.98 Å². The summed E-state index contributed by atoms with van der Waals surface area (Å²) in [6.45, 7) is 4.00. The number of benzene rings is 1. The maximum Gasteiger partial charge on any atom is 0.205 e. The second-order valence-electron chi connectivity index (χ2n) is 6.00. The van der Waals surface area contributed by atoms with Gasteiger partial charge in [0, 0.05) is 43.2 Å². The van der Waals surface area contributed by atoms with Gasteiger partial charge in [0.1, 0.15) is 12.2 Å². The molecule has 0 saturated carbocycles. The predicted molar refractivity (Wildman–Crippen MR) is 90.7 cm³/mol. The monoisotopic (exact) mass is 326 g/mol. The number of hydrogen-bond acceptors (Lipinski definition) is 6. The van der Waals surface area contributed by atoms with E-state index in [0.717, 1.165) is 41.9 Å². The van der Waals surface area contributed by atoms with E-state index >= 15 is 0 Å². The molecule has 1 aliphatic heterocycles. The molecule has 6 nitrogen and oxygen atoms in total. The maximum absolute atomic E-state index is 4.73. The Bertz CT molecular complexity index is 823. The number of rotatable bonds is 3. The zero-order valence-corrected chi connectivity index (χ0v) is 14.0. The zero-order chi connectivity index (χ0) is 15.8. The first-order valence-corrected chi connectivity index (χ1v) is 8.47. The fourth-order valence-corrected chi connectivity index (χ4v) is 3.77. The first-order chi connectivity index (χ1) is 11.2. The van der Waals surface area contributed by atoms with Crippen molar-refractivity contribution in [1.29, 1.82) is 0 Å². The van der Waals surface area contributed by atoms with Crippen LogP contribution in [-0.2, 0) is 7.05 Å². The Morgan fingerprint density at radius 1 is 1.30 bits per heavy atom. The quantitative estimate of drug-likeness (QED) is 0.740. The fraction of sp³-hybridized carbons (Fsp3) is 0.375. The van der Waals surface area contributed by atoms with Gasteiger partial charge in [0.15, 0.2) is 5.82 Å². The standard InChI is InChI=1S/C16H18N6S/c1-11-4-3-5-12(8-11)14-18-16(23-20-14)22-7-6-13(9-22)15-19-17-10-21(15)2/h3-5,8,10,13H,6-7,9H2,1-2H3. The summed E-state index contributed by atoms with van der Waals surface area (Å²) >= 11 is 1.47. The Balaban J connectivity index is 1.53. The highest BCUT2D eigenvalue weighted by Crippen LogP contribution is 2.32. The Morgan fingerprint density at radius 3 is 3.00 bits per heavy atom. The van der Waals surface area contributed by atoms with Gasteiger partial charge in [0.05, 0.1) is 0 Å². The Hall–Kier alpha value is -2.28. The van der Waals surface area contributed by atoms with Crippen LogP contribution in [0.3, 0.4) is 0 Å². The number of hydrogen-bond donors (Lipinski definition) is 0. The van der Waals surface area contributed by atoms with Gasteiger partial charge in [-0.2, -0.15) is 9.36 Å². The van der Waals surface area contributed by atoms with E-state index in [1.54, 1.807) is 6.33 Å². The summed E-state index contributed by atoms with van der Waals surface area (Å²) in [5.74, 6) is 2.28. The van der Waals surface area contributed by atoms with Crippen molar-refractivity contribution in [2.24, 2.45) is 7.05 Å². The van der Waals surface area contributed by atoms with Crippen molar-refractivity contribution in [3.63, 3.8) is 0 Å². The van der Waals surface area contributed by atoms with Crippen molar-refractivity contribution in [3.8, 4) is 11.4 Å². The largest absolute Gasteiger partial charge is 0.346 e. The SMILES string of the molecule is Cc1cccc(-c2nsc(N3CCC(c4nncn4C)C3)n2)c1. The van der Waals surface area contributed by atoms with E-state index in [-0.39, 0.29) is 0 Å². The number of nitrogens with zero attached hydrogens (tertiary/aromatic N) is 6. The average Bonchev–Trinajstić information content (AvgIpc) is 3.26. The molecule has 0 spiro atoms. The van der Waals surface area contributed by atoms with Crippen molar-refractivity contribution >= 4 is 16.7 Å². The lowest BCUT2D eigenvalue weighted by atomic mass is 10.1. The summed E-state index contributed by atoms with van der Waals surface area (Å²) in [6.07, 6.45) is 2.84. The summed E-state index contributed by atoms with van der Waals surface area (Å²) < 4.78 is 6.54. The molecule has 118 valence electrons. The van der Waals surface area contributed by atoms with Gasteiger partial charge in [-0.25, -0.2) is 0 Å². The molecule has 1 atom stereocenters. The Morgan fingerprint density at radius 2 is 2.22 bits per heavy atom. The van der Waals surface area contributed by atoms with Crippen LogP contribution in [0.5, 0.6) is 0 Å². The van der Waals surface area contributed by atoms with Crippen LogP contribution >= 0.6 is 11.5 Å². The molecule has 23 heavy (non-hydrogen) atoms. The van der Waals surface area contributed by atoms with Crippen LogP contribution in [0.2, 0.25) is 0 Å². The molecule has 1 unspecified atom stereocenters. The summed E-state index contributed by atoms with van der Waals surface area (Å²) in [5, 5.41) is 9.22. The van der Waals surface area contributed by atoms with Crippen molar-refractivity contribution in [2.45, 2.75) is 19.3 Å². The predicted octanol–water partition coefficient (Wildman–Crippen LogP) is 2.64. The fourth-order valence-electron chi connectivity index (χ4n) is 3.05. The highest BCUT2D eigenvalue weighted by molar-refractivity contribution is 7.09. The lowest BCUT2D eigenvalue weighted by Gasteiger charge is -2.13. The highest BCUT2D eigenvalue weighted by Gasteiger charge is 2.29. The molecule has 3 heterocycles. The number of aryl methyl sites for hydroxylation is 2. The summed E-state index contributed by atoms with van der Waals surface area (Å²) in [5.41, 5.74) is 2.30. The van der Waals surface area contributed by atoms with Gasteiger partial charge in [-0.15, -0.1) is 10.2 Å². The van der Waals surface area contributed by atoms with E-state index in [1.807, 2.05) is 17.7 Å². The first kappa shape index (κ1) is 14.3. The molecule has 3 aromatic rings. The lowest BCUT2D eigenvalue weighted by Crippen LogP contribution is -2.19. The third-order valence-electron chi connectivity index (χ3n) is 4.26. The molecule has 1 saturated heterocycles. The van der Waals surface area contributed by atoms with Crippen molar-refractivity contribution in [2.75, 3.05) is 18.0 Å². The molecule has 0 N–H and O–H groups in total. The molecule has 1 fully saturated rings. The summed E-state index contributed by atoms with van der Waals surface area (Å²) in [7, 11) is 2.00. The van der Waals surface area contributed by atoms with E-state index in [0.29, 0.717) is 5.92 Å². The van der Waals surface area contributed by atoms with E-state index in [1.165, 1.54) is 17.1 Å². The second-order valence-corrected chi connectivity index (χ2v) is 6.73. The molecular weight excluding hydrogens is 308 g/mol. The third-order valence-corrected chi connectivity index (χ3v) is 5.04. The van der Waals surface area contributed by atoms with Crippen LogP contribution in [0.4, 0.5) is 5.13 Å². The van der Waals surface area contributed by atoms with Crippen LogP contribution in [0.1, 0.15) is 23.7 Å². The first-order valence-electron chi connectivity index (χ1n) is 7.70. The maximum atomic E-state index is 4.73. The van der Waals surface area contributed by atoms with Gasteiger partial charge in [0.2, 0.25) is 5.13 Å². The van der Waals surface area contributed by atoms with Crippen molar-refractivity contribution in [3.05, 3.63) is 42.0 Å². The van der Waals surface area contributed by atoms with E-state index in [2.05, 4.69) is 44.6 Å². The van der Waals surface area contributed by atoms with Crippen LogP contribution in [0, 0.1) is 6.92 Å². The summed E-state index contributed by atoms with van der Waals surface area (Å²) in [4.78, 5) is 7.03. The van der Waals surface area contributed by atoms with Crippen molar-refractivity contribution in [1.82, 2.24) is 24.1 Å². The van der Waals surface area contributed by atoms with Gasteiger partial charge in [-0.1, -0.05) is 23.8 Å². The molecule has 0 radical (unpaired) electrons. The van der Waals surface area contributed by atoms with Crippen LogP contribution in [0.15, 0.2) is 30.6 Å². The second kappa shape index (κ2) is 5.73. The van der Waals surface area contributed by atoms with Crippen LogP contribution in [0.25, 0.3) is 11.4 Å². The molecule has 2 aromatic heterocycles. The molecular formula is C16H18N6S.